The number of hydrogen-bond donors (Lipinski definition) is 1. The summed E-state index contributed by atoms with van der Waals surface area (Å²) in [4.78, 5) is 27.3. The Hall–Kier alpha value is -4.65. The molecule has 1 fully saturated rings. The van der Waals surface area contributed by atoms with E-state index < -0.39 is 5.82 Å². The lowest BCUT2D eigenvalue weighted by Crippen LogP contribution is -2.38. The van der Waals surface area contributed by atoms with E-state index in [9.17, 15) is 4.79 Å². The van der Waals surface area contributed by atoms with Gasteiger partial charge in [0, 0.05) is 43.5 Å². The lowest BCUT2D eigenvalue weighted by Gasteiger charge is -2.30. The van der Waals surface area contributed by atoms with E-state index >= 15 is 4.39 Å². The lowest BCUT2D eigenvalue weighted by molar-refractivity contribution is -0.126. The van der Waals surface area contributed by atoms with Crippen LogP contribution < -0.4 is 15.2 Å². The van der Waals surface area contributed by atoms with E-state index in [1.165, 1.54) is 6.07 Å². The normalized spacial score (nSPS) is 15.2. The maximum Gasteiger partial charge on any atom is 0.298 e. The maximum atomic E-state index is 15.4. The molecule has 9 nitrogen and oxygen atoms in total. The third kappa shape index (κ3) is 4.76. The fraction of sp³-hybridized carbons (Fsp3) is 0.259. The number of carbonyl (C=O) groups is 1. The van der Waals surface area contributed by atoms with Gasteiger partial charge in [-0.2, -0.15) is 0 Å². The van der Waals surface area contributed by atoms with Gasteiger partial charge in [0.05, 0.1) is 23.9 Å². The molecule has 1 saturated heterocycles. The highest BCUT2D eigenvalue weighted by Gasteiger charge is 2.29. The van der Waals surface area contributed by atoms with Crippen LogP contribution in [0.2, 0.25) is 0 Å². The number of nitrogens with zero attached hydrogens (tertiary/aromatic N) is 5. The highest BCUT2D eigenvalue weighted by Crippen LogP contribution is 2.35. The number of nitrogens with two attached hydrogens (primary N) is 1. The molecule has 0 aliphatic carbocycles. The SMILES string of the molecule is CC#CC(=O)N1CCCC(c2nc(-c3ccc(Oc4cc(OC)ccn4)cc3F)n3c(N)nccc23)C1. The number of piperidine rings is 1. The van der Waals surface area contributed by atoms with Crippen molar-refractivity contribution >= 4 is 17.4 Å². The molecule has 1 aliphatic heterocycles. The number of benzene rings is 1. The van der Waals surface area contributed by atoms with Gasteiger partial charge in [0.15, 0.2) is 5.82 Å². The first-order valence-electron chi connectivity index (χ1n) is 11.8. The summed E-state index contributed by atoms with van der Waals surface area (Å²) in [7, 11) is 1.54. The number of anilines is 1. The Morgan fingerprint density at radius 1 is 1.16 bits per heavy atom. The van der Waals surface area contributed by atoms with Crippen LogP contribution in [0.3, 0.4) is 0 Å². The Morgan fingerprint density at radius 2 is 2.00 bits per heavy atom. The minimum atomic E-state index is -0.541. The van der Waals surface area contributed by atoms with Gasteiger partial charge in [0.25, 0.3) is 5.91 Å². The number of nitrogen functional groups attached to an aromatic ring is 1. The number of pyridine rings is 1. The van der Waals surface area contributed by atoms with Crippen molar-refractivity contribution in [3.05, 3.63) is 60.3 Å². The summed E-state index contributed by atoms with van der Waals surface area (Å²) < 4.78 is 28.0. The van der Waals surface area contributed by atoms with Crippen molar-refractivity contribution in [2.24, 2.45) is 0 Å². The standard InChI is InChI=1S/C27H25FN6O3/c1-3-5-24(35)33-13-4-6-17(16-33)25-22-10-12-31-27(29)34(22)26(32-25)20-8-7-19(14-21(20)28)37-23-15-18(36-2)9-11-30-23/h7-12,14-15,17H,4,6,13,16H2,1-2H3,(H2,29,31). The van der Waals surface area contributed by atoms with E-state index in [0.717, 1.165) is 24.1 Å². The fourth-order valence-electron chi connectivity index (χ4n) is 4.57. The number of amides is 1. The van der Waals surface area contributed by atoms with E-state index in [0.29, 0.717) is 24.7 Å². The molecular formula is C27H25FN6O3. The number of likely N-dealkylation sites (tertiary alicyclic amines) is 1. The number of rotatable bonds is 5. The summed E-state index contributed by atoms with van der Waals surface area (Å²) >= 11 is 0. The Labute approximate surface area is 213 Å². The van der Waals surface area contributed by atoms with Crippen molar-refractivity contribution in [2.75, 3.05) is 25.9 Å². The summed E-state index contributed by atoms with van der Waals surface area (Å²) in [6, 6.07) is 9.60. The molecule has 0 bridgehead atoms. The fourth-order valence-corrected chi connectivity index (χ4v) is 4.57. The largest absolute Gasteiger partial charge is 0.497 e. The molecule has 2 N–H and O–H groups in total. The second kappa shape index (κ2) is 10.1. The van der Waals surface area contributed by atoms with E-state index in [4.69, 9.17) is 20.2 Å². The van der Waals surface area contributed by atoms with Crippen LogP contribution in [0.1, 0.15) is 31.4 Å². The average molecular weight is 501 g/mol. The van der Waals surface area contributed by atoms with E-state index in [2.05, 4.69) is 21.8 Å². The molecule has 1 aromatic carbocycles. The van der Waals surface area contributed by atoms with E-state index in [-0.39, 0.29) is 35.0 Å². The van der Waals surface area contributed by atoms with Gasteiger partial charge in [-0.15, -0.1) is 0 Å². The van der Waals surface area contributed by atoms with Crippen LogP contribution in [-0.4, -0.2) is 50.4 Å². The summed E-state index contributed by atoms with van der Waals surface area (Å²) in [6.45, 7) is 2.76. The molecule has 37 heavy (non-hydrogen) atoms. The molecule has 10 heteroatoms. The van der Waals surface area contributed by atoms with E-state index in [1.54, 1.807) is 66.1 Å². The van der Waals surface area contributed by atoms with Gasteiger partial charge >= 0.3 is 0 Å². The number of carbonyl (C=O) groups excluding carboxylic acids is 1. The van der Waals surface area contributed by atoms with Gasteiger partial charge in [-0.3, -0.25) is 9.20 Å². The second-order valence-corrected chi connectivity index (χ2v) is 8.59. The van der Waals surface area contributed by atoms with Crippen molar-refractivity contribution < 1.29 is 18.7 Å². The van der Waals surface area contributed by atoms with Crippen LogP contribution in [0.4, 0.5) is 10.3 Å². The van der Waals surface area contributed by atoms with Gasteiger partial charge in [-0.25, -0.2) is 19.3 Å². The highest BCUT2D eigenvalue weighted by atomic mass is 19.1. The van der Waals surface area contributed by atoms with Crippen molar-refractivity contribution in [2.45, 2.75) is 25.7 Å². The lowest BCUT2D eigenvalue weighted by atomic mass is 9.94. The topological polar surface area (TPSA) is 108 Å². The van der Waals surface area contributed by atoms with Gasteiger partial charge in [-0.05, 0) is 50.0 Å². The number of fused-ring (bicyclic) bond motifs is 1. The molecule has 4 aromatic rings. The molecular weight excluding hydrogens is 475 g/mol. The van der Waals surface area contributed by atoms with Crippen LogP contribution in [0.25, 0.3) is 16.9 Å². The predicted octanol–water partition coefficient (Wildman–Crippen LogP) is 4.04. The summed E-state index contributed by atoms with van der Waals surface area (Å²) in [5.41, 5.74) is 7.93. The number of aromatic nitrogens is 4. The minimum Gasteiger partial charge on any atom is -0.497 e. The second-order valence-electron chi connectivity index (χ2n) is 8.59. The Morgan fingerprint density at radius 3 is 2.78 bits per heavy atom. The number of hydrogen-bond acceptors (Lipinski definition) is 7. The zero-order chi connectivity index (χ0) is 25.9. The zero-order valence-electron chi connectivity index (χ0n) is 20.4. The molecule has 0 spiro atoms. The molecule has 5 rings (SSSR count). The Bertz CT molecular complexity index is 1540. The van der Waals surface area contributed by atoms with Gasteiger partial charge in [0.2, 0.25) is 11.8 Å². The molecule has 0 radical (unpaired) electrons. The van der Waals surface area contributed by atoms with Crippen LogP contribution >= 0.6 is 0 Å². The van der Waals surface area contributed by atoms with Gasteiger partial charge < -0.3 is 20.1 Å². The molecule has 4 heterocycles. The quantitative estimate of drug-likeness (QED) is 0.412. The first kappa shape index (κ1) is 24.1. The third-order valence-corrected chi connectivity index (χ3v) is 6.28. The highest BCUT2D eigenvalue weighted by molar-refractivity contribution is 5.93. The van der Waals surface area contributed by atoms with Crippen molar-refractivity contribution in [1.29, 1.82) is 0 Å². The minimum absolute atomic E-state index is 0.0493. The number of halogens is 1. The van der Waals surface area contributed by atoms with Crippen LogP contribution in [0.5, 0.6) is 17.4 Å². The third-order valence-electron chi connectivity index (χ3n) is 6.28. The molecule has 1 amide bonds. The molecule has 1 atom stereocenters. The van der Waals surface area contributed by atoms with Gasteiger partial charge in [-0.1, -0.05) is 5.92 Å². The van der Waals surface area contributed by atoms with Crippen molar-refractivity contribution in [1.82, 2.24) is 24.3 Å². The number of methoxy groups -OCH3 is 1. The molecule has 1 unspecified atom stereocenters. The predicted molar refractivity (Wildman–Crippen MR) is 136 cm³/mol. The first-order chi connectivity index (χ1) is 18.0. The van der Waals surface area contributed by atoms with Crippen molar-refractivity contribution in [3.8, 4) is 40.6 Å². The average Bonchev–Trinajstić information content (AvgIpc) is 3.30. The molecule has 3 aromatic heterocycles. The van der Waals surface area contributed by atoms with Crippen LogP contribution in [0, 0.1) is 17.7 Å². The summed E-state index contributed by atoms with van der Waals surface area (Å²) in [5, 5.41) is 0. The molecule has 188 valence electrons. The summed E-state index contributed by atoms with van der Waals surface area (Å²) in [6.07, 6.45) is 4.79. The first-order valence-corrected chi connectivity index (χ1v) is 11.8. The Balaban J connectivity index is 1.51. The van der Waals surface area contributed by atoms with Crippen LogP contribution in [0.15, 0.2) is 48.8 Å². The Kier molecular flexibility index (Phi) is 6.60. The summed E-state index contributed by atoms with van der Waals surface area (Å²) in [5.74, 6) is 6.12. The zero-order valence-corrected chi connectivity index (χ0v) is 20.4. The van der Waals surface area contributed by atoms with Crippen molar-refractivity contribution in [3.63, 3.8) is 0 Å². The maximum absolute atomic E-state index is 15.4. The monoisotopic (exact) mass is 500 g/mol. The van der Waals surface area contributed by atoms with E-state index in [1.807, 2.05) is 0 Å². The molecule has 0 saturated carbocycles. The number of imidazole rings is 1. The van der Waals surface area contributed by atoms with Crippen LogP contribution in [-0.2, 0) is 4.79 Å². The smallest absolute Gasteiger partial charge is 0.298 e. The van der Waals surface area contributed by atoms with Gasteiger partial charge in [0.1, 0.15) is 17.3 Å². The molecule has 1 aliphatic rings. The number of ether oxygens (including phenoxy) is 2.